The normalized spacial score (nSPS) is 19.4. The number of nitrogens with one attached hydrogen (secondary N) is 1. The van der Waals surface area contributed by atoms with E-state index < -0.39 is 6.23 Å². The molecule has 0 amide bonds. The van der Waals surface area contributed by atoms with Crippen molar-refractivity contribution in [3.63, 3.8) is 0 Å². The molecule has 0 spiro atoms. The van der Waals surface area contributed by atoms with Crippen LogP contribution in [0.25, 0.3) is 11.1 Å². The third-order valence-electron chi connectivity index (χ3n) is 6.43. The number of nitrogen functional groups attached to an aromatic ring is 1. The van der Waals surface area contributed by atoms with Gasteiger partial charge < -0.3 is 15.6 Å². The molecule has 0 saturated heterocycles. The number of nitrogens with zero attached hydrogens (tertiary/aromatic N) is 3. The molecule has 4 rings (SSSR count). The van der Waals surface area contributed by atoms with Crippen LogP contribution in [-0.2, 0) is 18.4 Å². The van der Waals surface area contributed by atoms with E-state index in [0.29, 0.717) is 18.0 Å². The molecule has 170 valence electrons. The van der Waals surface area contributed by atoms with Crippen LogP contribution in [0.4, 0.5) is 5.82 Å². The standard InChI is InChI=1S/C25H33N5O2/c1-15-8-9-18(10-16(15)2)14-32-23-7-5-6-22(23)28-25(31)20-11-19(12-27-24(20)26)21-13-30(4)29-17(21)3/h8-13,22-23,25,28,31H,5-7,14H2,1-4H3,(H2,26,27)/t22-,23-,25?/m0/s1. The fourth-order valence-electron chi connectivity index (χ4n) is 4.45. The monoisotopic (exact) mass is 435 g/mol. The topological polar surface area (TPSA) is 98.2 Å². The summed E-state index contributed by atoms with van der Waals surface area (Å²) >= 11 is 0. The number of hydrogen-bond acceptors (Lipinski definition) is 6. The number of benzene rings is 1. The molecule has 2 aromatic heterocycles. The number of aliphatic hydroxyl groups is 1. The van der Waals surface area contributed by atoms with Crippen LogP contribution in [0.5, 0.6) is 0 Å². The van der Waals surface area contributed by atoms with Gasteiger partial charge >= 0.3 is 0 Å². The number of nitrogens with two attached hydrogens (primary N) is 1. The second kappa shape index (κ2) is 9.40. The van der Waals surface area contributed by atoms with Crippen molar-refractivity contribution in [3.05, 3.63) is 64.6 Å². The zero-order chi connectivity index (χ0) is 22.8. The Bertz CT molecular complexity index is 1090. The molecule has 1 aromatic carbocycles. The van der Waals surface area contributed by atoms with Gasteiger partial charge in [0, 0.05) is 42.2 Å². The molecule has 3 atom stereocenters. The second-order valence-corrected chi connectivity index (χ2v) is 8.87. The van der Waals surface area contributed by atoms with Crippen molar-refractivity contribution in [1.29, 1.82) is 0 Å². The van der Waals surface area contributed by atoms with Gasteiger partial charge in [0.2, 0.25) is 0 Å². The number of rotatable bonds is 7. The molecular formula is C25H33N5O2. The van der Waals surface area contributed by atoms with Crippen LogP contribution in [0, 0.1) is 20.8 Å². The SMILES string of the molecule is Cc1ccc(CO[C@H]2CCC[C@@H]2NC(O)c2cc(-c3cn(C)nc3C)cnc2N)cc1C. The van der Waals surface area contributed by atoms with Gasteiger partial charge in [0.15, 0.2) is 0 Å². The number of ether oxygens (including phenoxy) is 1. The Morgan fingerprint density at radius 3 is 2.75 bits per heavy atom. The predicted molar refractivity (Wildman–Crippen MR) is 126 cm³/mol. The molecule has 1 aliphatic carbocycles. The lowest BCUT2D eigenvalue weighted by Gasteiger charge is -2.25. The van der Waals surface area contributed by atoms with Gasteiger partial charge in [-0.25, -0.2) is 4.98 Å². The Morgan fingerprint density at radius 1 is 1.22 bits per heavy atom. The van der Waals surface area contributed by atoms with Crippen molar-refractivity contribution in [2.45, 2.75) is 65.0 Å². The molecule has 7 heteroatoms. The van der Waals surface area contributed by atoms with E-state index in [9.17, 15) is 5.11 Å². The Hall–Kier alpha value is -2.74. The van der Waals surface area contributed by atoms with E-state index in [1.165, 1.54) is 16.7 Å². The quantitative estimate of drug-likeness (QED) is 0.490. The third kappa shape index (κ3) is 4.85. The maximum atomic E-state index is 11.0. The summed E-state index contributed by atoms with van der Waals surface area (Å²) in [6.07, 6.45) is 5.77. The summed E-state index contributed by atoms with van der Waals surface area (Å²) in [7, 11) is 1.89. The molecule has 4 N–H and O–H groups in total. The van der Waals surface area contributed by atoms with Crippen LogP contribution in [0.2, 0.25) is 0 Å². The lowest BCUT2D eigenvalue weighted by Crippen LogP contribution is -2.39. The molecule has 1 fully saturated rings. The van der Waals surface area contributed by atoms with Crippen molar-refractivity contribution in [2.75, 3.05) is 5.73 Å². The highest BCUT2D eigenvalue weighted by Gasteiger charge is 2.30. The fourth-order valence-corrected chi connectivity index (χ4v) is 4.45. The summed E-state index contributed by atoms with van der Waals surface area (Å²) < 4.78 is 8.01. The highest BCUT2D eigenvalue weighted by molar-refractivity contribution is 5.67. The lowest BCUT2D eigenvalue weighted by atomic mass is 10.1. The molecular weight excluding hydrogens is 402 g/mol. The molecule has 0 bridgehead atoms. The molecule has 32 heavy (non-hydrogen) atoms. The van der Waals surface area contributed by atoms with Gasteiger partial charge in [0.1, 0.15) is 12.0 Å². The molecule has 2 heterocycles. The van der Waals surface area contributed by atoms with Crippen LogP contribution in [-0.4, -0.2) is 32.0 Å². The number of aryl methyl sites for hydroxylation is 4. The largest absolute Gasteiger partial charge is 0.383 e. The van der Waals surface area contributed by atoms with Crippen molar-refractivity contribution in [2.24, 2.45) is 7.05 Å². The van der Waals surface area contributed by atoms with E-state index in [-0.39, 0.29) is 12.1 Å². The van der Waals surface area contributed by atoms with E-state index in [4.69, 9.17) is 10.5 Å². The third-order valence-corrected chi connectivity index (χ3v) is 6.43. The number of pyridine rings is 1. The van der Waals surface area contributed by atoms with Crippen LogP contribution in [0.1, 0.15) is 53.4 Å². The van der Waals surface area contributed by atoms with Gasteiger partial charge in [0.25, 0.3) is 0 Å². The smallest absolute Gasteiger partial charge is 0.134 e. The first kappa shape index (κ1) is 22.5. The summed E-state index contributed by atoms with van der Waals surface area (Å²) in [4.78, 5) is 4.32. The number of aliphatic hydroxyl groups excluding tert-OH is 1. The van der Waals surface area contributed by atoms with E-state index in [1.807, 2.05) is 26.2 Å². The fraction of sp³-hybridized carbons (Fsp3) is 0.440. The van der Waals surface area contributed by atoms with Crippen LogP contribution < -0.4 is 11.1 Å². The first-order valence-corrected chi connectivity index (χ1v) is 11.2. The average Bonchev–Trinajstić information content (AvgIpc) is 3.34. The zero-order valence-corrected chi connectivity index (χ0v) is 19.3. The lowest BCUT2D eigenvalue weighted by molar-refractivity contribution is 0.00956. The van der Waals surface area contributed by atoms with Crippen molar-refractivity contribution in [1.82, 2.24) is 20.1 Å². The van der Waals surface area contributed by atoms with E-state index in [1.54, 1.807) is 10.9 Å². The van der Waals surface area contributed by atoms with E-state index >= 15 is 0 Å². The summed E-state index contributed by atoms with van der Waals surface area (Å²) in [6.45, 7) is 6.76. The Balaban J connectivity index is 1.44. The minimum absolute atomic E-state index is 0.0455. The highest BCUT2D eigenvalue weighted by Crippen LogP contribution is 2.30. The summed E-state index contributed by atoms with van der Waals surface area (Å²) in [5, 5.41) is 18.7. The minimum Gasteiger partial charge on any atom is -0.383 e. The van der Waals surface area contributed by atoms with Gasteiger partial charge in [-0.1, -0.05) is 18.2 Å². The zero-order valence-electron chi connectivity index (χ0n) is 19.3. The summed E-state index contributed by atoms with van der Waals surface area (Å²) in [5.41, 5.74) is 13.2. The van der Waals surface area contributed by atoms with E-state index in [0.717, 1.165) is 36.1 Å². The van der Waals surface area contributed by atoms with Crippen molar-refractivity contribution >= 4 is 5.82 Å². The average molecular weight is 436 g/mol. The summed E-state index contributed by atoms with van der Waals surface area (Å²) in [6, 6.07) is 8.38. The predicted octanol–water partition coefficient (Wildman–Crippen LogP) is 3.71. The molecule has 7 nitrogen and oxygen atoms in total. The number of aromatic nitrogens is 3. The second-order valence-electron chi connectivity index (χ2n) is 8.87. The van der Waals surface area contributed by atoms with Gasteiger partial charge in [-0.15, -0.1) is 0 Å². The van der Waals surface area contributed by atoms with Crippen molar-refractivity contribution < 1.29 is 9.84 Å². The van der Waals surface area contributed by atoms with Crippen molar-refractivity contribution in [3.8, 4) is 11.1 Å². The van der Waals surface area contributed by atoms with E-state index in [2.05, 4.69) is 47.4 Å². The van der Waals surface area contributed by atoms with Crippen LogP contribution in [0.3, 0.4) is 0 Å². The summed E-state index contributed by atoms with van der Waals surface area (Å²) in [5.74, 6) is 0.320. The minimum atomic E-state index is -0.921. The van der Waals surface area contributed by atoms with Gasteiger partial charge in [-0.05, 0) is 62.8 Å². The Labute approximate surface area is 189 Å². The molecule has 1 unspecified atom stereocenters. The highest BCUT2D eigenvalue weighted by atomic mass is 16.5. The number of hydrogen-bond donors (Lipinski definition) is 3. The van der Waals surface area contributed by atoms with Crippen LogP contribution >= 0.6 is 0 Å². The first-order valence-electron chi connectivity index (χ1n) is 11.2. The molecule has 0 aliphatic heterocycles. The maximum Gasteiger partial charge on any atom is 0.134 e. The molecule has 0 radical (unpaired) electrons. The maximum absolute atomic E-state index is 11.0. The molecule has 3 aromatic rings. The van der Waals surface area contributed by atoms with Gasteiger partial charge in [-0.3, -0.25) is 10.00 Å². The Kier molecular flexibility index (Phi) is 6.60. The van der Waals surface area contributed by atoms with Gasteiger partial charge in [0.05, 0.1) is 18.4 Å². The molecule has 1 aliphatic rings. The first-order chi connectivity index (χ1) is 15.3. The van der Waals surface area contributed by atoms with Crippen LogP contribution in [0.15, 0.2) is 36.7 Å². The van der Waals surface area contributed by atoms with Gasteiger partial charge in [-0.2, -0.15) is 5.10 Å². The number of anilines is 1. The molecule has 1 saturated carbocycles. The Morgan fingerprint density at radius 2 is 2.03 bits per heavy atom.